The number of nitrogens with zero attached hydrogens (tertiary/aromatic N) is 2. The highest BCUT2D eigenvalue weighted by atomic mass is 19.1. The molecule has 49 heavy (non-hydrogen) atoms. The number of anilines is 6. The summed E-state index contributed by atoms with van der Waals surface area (Å²) in [7, 11) is 0. The van der Waals surface area contributed by atoms with Crippen molar-refractivity contribution in [3.05, 3.63) is 191 Å². The van der Waals surface area contributed by atoms with Crippen molar-refractivity contribution in [1.29, 1.82) is 0 Å². The minimum atomic E-state index is -0.268. The van der Waals surface area contributed by atoms with Gasteiger partial charge >= 0.3 is 0 Å². The molecule has 0 radical (unpaired) electrons. The highest BCUT2D eigenvalue weighted by Crippen LogP contribution is 2.38. The van der Waals surface area contributed by atoms with E-state index in [1.54, 1.807) is 6.07 Å². The molecular formula is C46H39FN2. The second kappa shape index (κ2) is 13.7. The van der Waals surface area contributed by atoms with Crippen LogP contribution in [-0.2, 0) is 0 Å². The zero-order chi connectivity index (χ0) is 33.9. The minimum Gasteiger partial charge on any atom is -0.310 e. The maximum Gasteiger partial charge on any atom is 0.132 e. The normalized spacial score (nSPS) is 11.3. The first-order valence-electron chi connectivity index (χ1n) is 16.7. The summed E-state index contributed by atoms with van der Waals surface area (Å²) in [6.07, 6.45) is 3.83. The molecule has 0 saturated carbocycles. The Kier molecular flexibility index (Phi) is 8.83. The summed E-state index contributed by atoms with van der Waals surface area (Å²) in [6.45, 7) is 8.36. The molecule has 0 atom stereocenters. The molecule has 0 aromatic heterocycles. The molecule has 0 N–H and O–H groups in total. The number of hydrogen-bond acceptors (Lipinski definition) is 2. The van der Waals surface area contributed by atoms with Crippen molar-refractivity contribution in [3.63, 3.8) is 0 Å². The van der Waals surface area contributed by atoms with E-state index in [1.165, 1.54) is 22.3 Å². The van der Waals surface area contributed by atoms with Crippen LogP contribution in [0, 0.1) is 33.5 Å². The number of aryl methyl sites for hydroxylation is 4. The molecule has 2 nitrogen and oxygen atoms in total. The molecule has 0 unspecified atom stereocenters. The molecular weight excluding hydrogens is 600 g/mol. The fourth-order valence-electron chi connectivity index (χ4n) is 6.14. The molecule has 0 bridgehead atoms. The number of benzene rings is 7. The van der Waals surface area contributed by atoms with Gasteiger partial charge in [0, 0.05) is 39.7 Å². The summed E-state index contributed by atoms with van der Waals surface area (Å²) in [5, 5.41) is 2.27. The van der Waals surface area contributed by atoms with Gasteiger partial charge in [-0.2, -0.15) is 0 Å². The van der Waals surface area contributed by atoms with E-state index in [4.69, 9.17) is 0 Å². The molecule has 0 aliphatic carbocycles. The van der Waals surface area contributed by atoms with Crippen LogP contribution in [0.1, 0.15) is 33.4 Å². The molecule has 7 aromatic carbocycles. The van der Waals surface area contributed by atoms with Crippen molar-refractivity contribution in [2.45, 2.75) is 27.7 Å². The summed E-state index contributed by atoms with van der Waals surface area (Å²) in [4.78, 5) is 4.38. The van der Waals surface area contributed by atoms with Gasteiger partial charge in [-0.3, -0.25) is 0 Å². The van der Waals surface area contributed by atoms with Gasteiger partial charge in [0.15, 0.2) is 0 Å². The van der Waals surface area contributed by atoms with Gasteiger partial charge < -0.3 is 9.80 Å². The Morgan fingerprint density at radius 1 is 0.367 bits per heavy atom. The van der Waals surface area contributed by atoms with Crippen molar-refractivity contribution < 1.29 is 4.39 Å². The SMILES string of the molecule is Cc1ccc(N(c2ccc(C)cc2)c2ccc(C=Cc3ccc4cc(N(c5ccc(C)cc5)c5ccc(C)cc5)ccc4c3)c(F)c2)cc1. The predicted molar refractivity (Wildman–Crippen MR) is 208 cm³/mol. The summed E-state index contributed by atoms with van der Waals surface area (Å²) < 4.78 is 15.7. The number of hydrogen-bond donors (Lipinski definition) is 0. The number of rotatable bonds is 8. The highest BCUT2D eigenvalue weighted by molar-refractivity contribution is 5.91. The average molecular weight is 639 g/mol. The van der Waals surface area contributed by atoms with E-state index in [1.807, 2.05) is 24.3 Å². The van der Waals surface area contributed by atoms with Crippen LogP contribution in [-0.4, -0.2) is 0 Å². The van der Waals surface area contributed by atoms with Gasteiger partial charge in [-0.15, -0.1) is 0 Å². The van der Waals surface area contributed by atoms with Gasteiger partial charge in [-0.05, 0) is 129 Å². The molecule has 3 heteroatoms. The van der Waals surface area contributed by atoms with E-state index < -0.39 is 0 Å². The largest absolute Gasteiger partial charge is 0.310 e. The van der Waals surface area contributed by atoms with Crippen LogP contribution in [0.5, 0.6) is 0 Å². The molecule has 0 fully saturated rings. The molecule has 0 heterocycles. The van der Waals surface area contributed by atoms with Gasteiger partial charge in [0.25, 0.3) is 0 Å². The predicted octanol–water partition coefficient (Wildman–Crippen LogP) is 13.3. The van der Waals surface area contributed by atoms with Crippen LogP contribution in [0.2, 0.25) is 0 Å². The molecule has 0 saturated heterocycles. The van der Waals surface area contributed by atoms with Crippen LogP contribution >= 0.6 is 0 Å². The van der Waals surface area contributed by atoms with E-state index in [-0.39, 0.29) is 5.82 Å². The zero-order valence-corrected chi connectivity index (χ0v) is 28.4. The van der Waals surface area contributed by atoms with Crippen LogP contribution in [0.4, 0.5) is 38.5 Å². The van der Waals surface area contributed by atoms with E-state index in [2.05, 4.69) is 171 Å². The lowest BCUT2D eigenvalue weighted by Gasteiger charge is -2.26. The number of halogens is 1. The lowest BCUT2D eigenvalue weighted by atomic mass is 10.0. The summed E-state index contributed by atoms with van der Waals surface area (Å²) >= 11 is 0. The van der Waals surface area contributed by atoms with Crippen LogP contribution < -0.4 is 9.80 Å². The van der Waals surface area contributed by atoms with E-state index >= 15 is 4.39 Å². The van der Waals surface area contributed by atoms with Crippen LogP contribution in [0.3, 0.4) is 0 Å². The molecule has 7 rings (SSSR count). The highest BCUT2D eigenvalue weighted by Gasteiger charge is 2.15. The second-order valence-corrected chi connectivity index (χ2v) is 12.8. The maximum atomic E-state index is 15.7. The first-order valence-corrected chi connectivity index (χ1v) is 16.7. The Morgan fingerprint density at radius 3 is 1.18 bits per heavy atom. The summed E-state index contributed by atoms with van der Waals surface area (Å²) in [6, 6.07) is 52.3. The van der Waals surface area contributed by atoms with Crippen molar-refractivity contribution in [1.82, 2.24) is 0 Å². The third-order valence-electron chi connectivity index (χ3n) is 8.97. The Balaban J connectivity index is 1.16. The first kappa shape index (κ1) is 31.7. The van der Waals surface area contributed by atoms with Gasteiger partial charge in [0.05, 0.1) is 0 Å². The molecule has 240 valence electrons. The van der Waals surface area contributed by atoms with Crippen LogP contribution in [0.15, 0.2) is 152 Å². The Labute approximate surface area is 289 Å². The smallest absolute Gasteiger partial charge is 0.132 e. The van der Waals surface area contributed by atoms with Crippen molar-refractivity contribution in [2.75, 3.05) is 9.80 Å². The summed E-state index contributed by atoms with van der Waals surface area (Å²) in [5.74, 6) is -0.268. The topological polar surface area (TPSA) is 6.48 Å². The average Bonchev–Trinajstić information content (AvgIpc) is 3.11. The third kappa shape index (κ3) is 7.02. The Bertz CT molecular complexity index is 2160. The Morgan fingerprint density at radius 2 is 0.735 bits per heavy atom. The molecule has 0 spiro atoms. The fraction of sp³-hybridized carbons (Fsp3) is 0.0870. The first-order chi connectivity index (χ1) is 23.8. The van der Waals surface area contributed by atoms with Gasteiger partial charge in [0.2, 0.25) is 0 Å². The lowest BCUT2D eigenvalue weighted by Crippen LogP contribution is -2.10. The standard InChI is InChI=1S/C46H39FN2/c1-32-5-19-40(20-6-32)48(41-21-7-33(2)8-22-41)44-28-18-38-29-36(14-16-39(38)30-44)13-15-37-17-27-45(31-46(37)47)49(42-23-9-34(3)10-24-42)43-25-11-35(4)12-26-43/h5-31H,1-4H3. The lowest BCUT2D eigenvalue weighted by molar-refractivity contribution is 0.625. The van der Waals surface area contributed by atoms with Gasteiger partial charge in [-0.1, -0.05) is 101 Å². The third-order valence-corrected chi connectivity index (χ3v) is 8.97. The van der Waals surface area contributed by atoms with Gasteiger partial charge in [0.1, 0.15) is 5.82 Å². The zero-order valence-electron chi connectivity index (χ0n) is 28.4. The quantitative estimate of drug-likeness (QED) is 0.153. The molecule has 0 aliphatic heterocycles. The summed E-state index contributed by atoms with van der Waals surface area (Å²) in [5.41, 5.74) is 12.4. The van der Waals surface area contributed by atoms with E-state index in [0.29, 0.717) is 5.56 Å². The second-order valence-electron chi connectivity index (χ2n) is 12.8. The monoisotopic (exact) mass is 638 g/mol. The molecule has 7 aromatic rings. The van der Waals surface area contributed by atoms with E-state index in [0.717, 1.165) is 50.5 Å². The Hall–Kier alpha value is -5.93. The van der Waals surface area contributed by atoms with Crippen molar-refractivity contribution in [3.8, 4) is 0 Å². The fourth-order valence-corrected chi connectivity index (χ4v) is 6.14. The number of fused-ring (bicyclic) bond motifs is 1. The molecule has 0 aliphatic rings. The van der Waals surface area contributed by atoms with Crippen molar-refractivity contribution in [2.24, 2.45) is 0 Å². The van der Waals surface area contributed by atoms with E-state index in [9.17, 15) is 0 Å². The molecule has 0 amide bonds. The van der Waals surface area contributed by atoms with Crippen LogP contribution in [0.25, 0.3) is 22.9 Å². The van der Waals surface area contributed by atoms with Gasteiger partial charge in [-0.25, -0.2) is 4.39 Å². The minimum absolute atomic E-state index is 0.268. The maximum absolute atomic E-state index is 15.7. The van der Waals surface area contributed by atoms with Crippen molar-refractivity contribution >= 4 is 57.0 Å².